The van der Waals surface area contributed by atoms with Gasteiger partial charge in [0.05, 0.1) is 5.25 Å². The largest absolute Gasteiger partial charge is 0.339 e. The van der Waals surface area contributed by atoms with E-state index in [9.17, 15) is 22.8 Å². The molecule has 4 amide bonds. The second kappa shape index (κ2) is 7.86. The number of rotatable bonds is 3. The first kappa shape index (κ1) is 21.1. The molecule has 9 nitrogen and oxygen atoms in total. The average molecular weight is 439 g/mol. The minimum Gasteiger partial charge on any atom is -0.339 e. The quantitative estimate of drug-likeness (QED) is 0.630. The van der Waals surface area contributed by atoms with E-state index in [0.29, 0.717) is 38.8 Å². The lowest BCUT2D eigenvalue weighted by Gasteiger charge is -2.30. The number of fused-ring (bicyclic) bond motifs is 2. The van der Waals surface area contributed by atoms with Crippen LogP contribution in [0.1, 0.15) is 51.4 Å². The number of nitrogens with zero attached hydrogens (tertiary/aromatic N) is 2. The lowest BCUT2D eigenvalue weighted by molar-refractivity contribution is -0.131. The molecule has 0 radical (unpaired) electrons. The summed E-state index contributed by atoms with van der Waals surface area (Å²) < 4.78 is 26.8. The second-order valence-corrected chi connectivity index (χ2v) is 10.9. The molecule has 4 aliphatic rings. The first-order valence-electron chi connectivity index (χ1n) is 10.8. The number of allylic oxidation sites excluding steroid dienone is 1. The summed E-state index contributed by atoms with van der Waals surface area (Å²) in [5, 5.41) is 2.32. The third-order valence-electron chi connectivity index (χ3n) is 6.57. The molecule has 2 heterocycles. The van der Waals surface area contributed by atoms with Crippen LogP contribution in [-0.2, 0) is 19.6 Å². The minimum absolute atomic E-state index is 0.178. The van der Waals surface area contributed by atoms with Crippen molar-refractivity contribution in [3.8, 4) is 0 Å². The maximum absolute atomic E-state index is 13.1. The zero-order valence-corrected chi connectivity index (χ0v) is 18.1. The third kappa shape index (κ3) is 4.06. The maximum atomic E-state index is 13.1. The fraction of sp³-hybridized carbons (Fsp3) is 0.750. The highest BCUT2D eigenvalue weighted by atomic mass is 32.2. The number of amides is 4. The lowest BCUT2D eigenvalue weighted by Crippen LogP contribution is -2.57. The molecule has 10 heteroatoms. The van der Waals surface area contributed by atoms with Crippen molar-refractivity contribution < 1.29 is 22.8 Å². The van der Waals surface area contributed by atoms with Crippen LogP contribution in [0.4, 0.5) is 4.79 Å². The molecule has 2 aliphatic carbocycles. The van der Waals surface area contributed by atoms with Crippen LogP contribution in [0.25, 0.3) is 0 Å². The van der Waals surface area contributed by atoms with Gasteiger partial charge >= 0.3 is 6.03 Å². The molecule has 0 aromatic carbocycles. The number of urea groups is 1. The first-order chi connectivity index (χ1) is 14.2. The number of hydrogen-bond donors (Lipinski definition) is 2. The van der Waals surface area contributed by atoms with E-state index in [4.69, 9.17) is 0 Å². The predicted molar refractivity (Wildman–Crippen MR) is 110 cm³/mol. The molecular formula is C20H30N4O5S. The molecule has 1 saturated heterocycles. The molecule has 0 unspecified atom stereocenters. The van der Waals surface area contributed by atoms with E-state index in [1.807, 2.05) is 12.2 Å². The molecule has 3 fully saturated rings. The molecule has 0 aromatic rings. The van der Waals surface area contributed by atoms with Crippen LogP contribution in [0.2, 0.25) is 0 Å². The molecule has 166 valence electrons. The van der Waals surface area contributed by atoms with E-state index < -0.39 is 32.8 Å². The molecule has 2 saturated carbocycles. The van der Waals surface area contributed by atoms with Gasteiger partial charge in [0.2, 0.25) is 15.9 Å². The zero-order valence-electron chi connectivity index (χ0n) is 17.3. The molecule has 0 aromatic heterocycles. The van der Waals surface area contributed by atoms with Gasteiger partial charge in [-0.25, -0.2) is 13.2 Å². The highest BCUT2D eigenvalue weighted by molar-refractivity contribution is 7.91. The summed E-state index contributed by atoms with van der Waals surface area (Å²) in [5.74, 6) is -1.30. The lowest BCUT2D eigenvalue weighted by atomic mass is 10.1. The Kier molecular flexibility index (Phi) is 5.54. The second-order valence-electron chi connectivity index (χ2n) is 8.93. The summed E-state index contributed by atoms with van der Waals surface area (Å²) in [6.45, 7) is 1.13. The van der Waals surface area contributed by atoms with E-state index in [0.717, 1.165) is 25.7 Å². The number of carbonyl (C=O) groups excluding carboxylic acids is 3. The Morgan fingerprint density at radius 1 is 1.17 bits per heavy atom. The van der Waals surface area contributed by atoms with Crippen molar-refractivity contribution in [3.05, 3.63) is 12.2 Å². The molecule has 2 N–H and O–H groups in total. The predicted octanol–water partition coefficient (Wildman–Crippen LogP) is 0.726. The minimum atomic E-state index is -3.71. The summed E-state index contributed by atoms with van der Waals surface area (Å²) in [5.41, 5.74) is -1.26. The smallest absolute Gasteiger partial charge is 0.320 e. The van der Waals surface area contributed by atoms with Gasteiger partial charge in [-0.05, 0) is 51.4 Å². The van der Waals surface area contributed by atoms with Gasteiger partial charge in [0.25, 0.3) is 5.91 Å². The highest BCUT2D eigenvalue weighted by Crippen LogP contribution is 2.46. The van der Waals surface area contributed by atoms with Gasteiger partial charge in [0.15, 0.2) is 0 Å². The topological polar surface area (TPSA) is 116 Å². The summed E-state index contributed by atoms with van der Waals surface area (Å²) >= 11 is 0. The van der Waals surface area contributed by atoms with Gasteiger partial charge < -0.3 is 15.1 Å². The molecule has 0 spiro atoms. The van der Waals surface area contributed by atoms with E-state index in [1.165, 1.54) is 0 Å². The van der Waals surface area contributed by atoms with Crippen molar-refractivity contribution in [2.45, 2.75) is 68.2 Å². The number of nitrogens with one attached hydrogen (secondary N) is 2. The highest BCUT2D eigenvalue weighted by Gasteiger charge is 2.61. The van der Waals surface area contributed by atoms with Crippen molar-refractivity contribution in [3.63, 3.8) is 0 Å². The molecule has 0 bridgehead atoms. The van der Waals surface area contributed by atoms with Gasteiger partial charge in [0.1, 0.15) is 11.6 Å². The SMILES string of the molecule is CN1CCCC/C=C\[C@@H]2C[C@@]2(C(=O)NS(=O)(=O)C2CC2)NC(=O)[C@@H]2CCCN2C1=O. The number of hydrogen-bond acceptors (Lipinski definition) is 5. The van der Waals surface area contributed by atoms with Gasteiger partial charge in [-0.2, -0.15) is 0 Å². The monoisotopic (exact) mass is 438 g/mol. The fourth-order valence-electron chi connectivity index (χ4n) is 4.42. The van der Waals surface area contributed by atoms with E-state index in [1.54, 1.807) is 16.8 Å². The Morgan fingerprint density at radius 2 is 1.93 bits per heavy atom. The van der Waals surface area contributed by atoms with Gasteiger partial charge in [-0.15, -0.1) is 0 Å². The van der Waals surface area contributed by atoms with Crippen molar-refractivity contribution in [1.82, 2.24) is 19.8 Å². The van der Waals surface area contributed by atoms with Crippen molar-refractivity contribution >= 4 is 27.9 Å². The fourth-order valence-corrected chi connectivity index (χ4v) is 5.79. The van der Waals surface area contributed by atoms with Crippen LogP contribution >= 0.6 is 0 Å². The standard InChI is InChI=1S/C20H30N4O5S/c1-23-11-5-3-2-4-7-14-13-20(14,18(26)22-30(28,29)15-9-10-15)21-17(25)16-8-6-12-24(16)19(23)27/h4,7,14-16H,2-3,5-6,8-13H2,1H3,(H,21,25)(H,22,26)/b7-4-/t14-,16+,20-/m1/s1. The average Bonchev–Trinajstić information content (AvgIpc) is 3.60. The molecule has 4 rings (SSSR count). The summed E-state index contributed by atoms with van der Waals surface area (Å²) in [7, 11) is -1.96. The van der Waals surface area contributed by atoms with Gasteiger partial charge in [0, 0.05) is 26.1 Å². The van der Waals surface area contributed by atoms with Gasteiger partial charge in [-0.3, -0.25) is 14.3 Å². The molecule has 30 heavy (non-hydrogen) atoms. The Hall–Kier alpha value is -2.10. The van der Waals surface area contributed by atoms with Crippen LogP contribution in [0, 0.1) is 5.92 Å². The van der Waals surface area contributed by atoms with Crippen LogP contribution in [0.15, 0.2) is 12.2 Å². The van der Waals surface area contributed by atoms with Crippen molar-refractivity contribution in [2.24, 2.45) is 5.92 Å². The first-order valence-corrected chi connectivity index (χ1v) is 12.4. The summed E-state index contributed by atoms with van der Waals surface area (Å²) in [6, 6.07) is -0.819. The van der Waals surface area contributed by atoms with Crippen LogP contribution in [0.5, 0.6) is 0 Å². The van der Waals surface area contributed by atoms with Crippen LogP contribution in [0.3, 0.4) is 0 Å². The van der Waals surface area contributed by atoms with Crippen LogP contribution in [-0.4, -0.2) is 73.0 Å². The van der Waals surface area contributed by atoms with E-state index in [2.05, 4.69) is 10.0 Å². The summed E-state index contributed by atoms with van der Waals surface area (Å²) in [6.07, 6.45) is 9.18. The zero-order chi connectivity index (χ0) is 21.5. The molecule has 2 aliphatic heterocycles. The van der Waals surface area contributed by atoms with Crippen molar-refractivity contribution in [2.75, 3.05) is 20.1 Å². The van der Waals surface area contributed by atoms with E-state index in [-0.39, 0.29) is 17.9 Å². The van der Waals surface area contributed by atoms with E-state index >= 15 is 0 Å². The molecule has 3 atom stereocenters. The maximum Gasteiger partial charge on any atom is 0.320 e. The number of carbonyl (C=O) groups is 3. The normalized spacial score (nSPS) is 33.8. The Morgan fingerprint density at radius 3 is 2.67 bits per heavy atom. The third-order valence-corrected chi connectivity index (χ3v) is 8.39. The summed E-state index contributed by atoms with van der Waals surface area (Å²) in [4.78, 5) is 42.1. The van der Waals surface area contributed by atoms with Crippen molar-refractivity contribution in [1.29, 1.82) is 0 Å². The Balaban J connectivity index is 1.57. The number of sulfonamides is 1. The molecular weight excluding hydrogens is 408 g/mol. The Bertz CT molecular complexity index is 868. The van der Waals surface area contributed by atoms with Crippen LogP contribution < -0.4 is 10.0 Å². The Labute approximate surface area is 177 Å². The van der Waals surface area contributed by atoms with Gasteiger partial charge in [-0.1, -0.05) is 12.2 Å².